The lowest BCUT2D eigenvalue weighted by atomic mass is 10.1. The van der Waals surface area contributed by atoms with Crippen LogP contribution in [0.5, 0.6) is 0 Å². The molecule has 2 amide bonds. The average molecular weight is 270 g/mol. The number of hydrogen-bond acceptors (Lipinski definition) is 2. The molecule has 0 spiro atoms. The number of nitrogens with zero attached hydrogens (tertiary/aromatic N) is 1. The van der Waals surface area contributed by atoms with Crippen molar-refractivity contribution < 1.29 is 4.79 Å². The van der Waals surface area contributed by atoms with Gasteiger partial charge in [0.15, 0.2) is 0 Å². The van der Waals surface area contributed by atoms with Gasteiger partial charge in [0.25, 0.3) is 0 Å². The molecule has 1 aromatic rings. The molecule has 5 heteroatoms. The SMILES string of the molecule is CNC1CCCN(C(=O)Nc2ccccc2)C1.Cl. The van der Waals surface area contributed by atoms with Crippen molar-refractivity contribution in [1.29, 1.82) is 0 Å². The smallest absolute Gasteiger partial charge is 0.321 e. The van der Waals surface area contributed by atoms with Crippen LogP contribution in [0.4, 0.5) is 10.5 Å². The summed E-state index contributed by atoms with van der Waals surface area (Å²) in [7, 11) is 1.95. The van der Waals surface area contributed by atoms with E-state index in [1.165, 1.54) is 0 Å². The van der Waals surface area contributed by atoms with E-state index in [1.54, 1.807) is 0 Å². The second-order valence-electron chi connectivity index (χ2n) is 4.37. The molecule has 1 aliphatic rings. The van der Waals surface area contributed by atoms with Gasteiger partial charge in [-0.1, -0.05) is 18.2 Å². The maximum Gasteiger partial charge on any atom is 0.321 e. The van der Waals surface area contributed by atoms with Gasteiger partial charge in [0, 0.05) is 24.8 Å². The molecule has 0 saturated carbocycles. The van der Waals surface area contributed by atoms with Crippen LogP contribution in [0, 0.1) is 0 Å². The fourth-order valence-electron chi connectivity index (χ4n) is 2.12. The molecule has 0 bridgehead atoms. The zero-order valence-corrected chi connectivity index (χ0v) is 11.4. The summed E-state index contributed by atoms with van der Waals surface area (Å²) in [6, 6.07) is 9.99. The number of piperidine rings is 1. The van der Waals surface area contributed by atoms with E-state index in [0.717, 1.165) is 31.6 Å². The first-order valence-electron chi connectivity index (χ1n) is 6.08. The van der Waals surface area contributed by atoms with Crippen molar-refractivity contribution in [1.82, 2.24) is 10.2 Å². The highest BCUT2D eigenvalue weighted by molar-refractivity contribution is 5.89. The number of nitrogens with one attached hydrogen (secondary N) is 2. The second kappa shape index (κ2) is 7.24. The van der Waals surface area contributed by atoms with Crippen molar-refractivity contribution in [2.45, 2.75) is 18.9 Å². The Labute approximate surface area is 114 Å². The van der Waals surface area contributed by atoms with Crippen molar-refractivity contribution >= 4 is 24.1 Å². The molecule has 4 nitrogen and oxygen atoms in total. The molecule has 2 N–H and O–H groups in total. The van der Waals surface area contributed by atoms with Crippen molar-refractivity contribution in [3.8, 4) is 0 Å². The highest BCUT2D eigenvalue weighted by atomic mass is 35.5. The molecule has 1 unspecified atom stereocenters. The lowest BCUT2D eigenvalue weighted by Gasteiger charge is -2.32. The Balaban J connectivity index is 0.00000162. The number of para-hydroxylation sites is 1. The van der Waals surface area contributed by atoms with Gasteiger partial charge in [0.05, 0.1) is 0 Å². The van der Waals surface area contributed by atoms with E-state index in [2.05, 4.69) is 10.6 Å². The van der Waals surface area contributed by atoms with Gasteiger partial charge in [-0.3, -0.25) is 0 Å². The van der Waals surface area contributed by atoms with Crippen LogP contribution in [0.2, 0.25) is 0 Å². The van der Waals surface area contributed by atoms with Gasteiger partial charge in [-0.05, 0) is 32.0 Å². The summed E-state index contributed by atoms with van der Waals surface area (Å²) < 4.78 is 0. The maximum atomic E-state index is 12.0. The molecule has 0 aromatic heterocycles. The van der Waals surface area contributed by atoms with Crippen LogP contribution in [0.3, 0.4) is 0 Å². The molecule has 1 fully saturated rings. The van der Waals surface area contributed by atoms with E-state index < -0.39 is 0 Å². The zero-order chi connectivity index (χ0) is 12.1. The number of hydrogen-bond donors (Lipinski definition) is 2. The third-order valence-electron chi connectivity index (χ3n) is 3.14. The van der Waals surface area contributed by atoms with E-state index in [9.17, 15) is 4.79 Å². The average Bonchev–Trinajstić information content (AvgIpc) is 2.40. The first kappa shape index (κ1) is 14.8. The Bertz CT molecular complexity index is 372. The van der Waals surface area contributed by atoms with Gasteiger partial charge in [0.1, 0.15) is 0 Å². The number of amides is 2. The van der Waals surface area contributed by atoms with Crippen LogP contribution in [-0.2, 0) is 0 Å². The summed E-state index contributed by atoms with van der Waals surface area (Å²) in [5.74, 6) is 0. The minimum absolute atomic E-state index is 0. The lowest BCUT2D eigenvalue weighted by molar-refractivity contribution is 0.187. The Morgan fingerprint density at radius 2 is 2.06 bits per heavy atom. The molecule has 1 aliphatic heterocycles. The third kappa shape index (κ3) is 3.89. The second-order valence-corrected chi connectivity index (χ2v) is 4.37. The number of likely N-dealkylation sites (N-methyl/N-ethyl adjacent to an activating group) is 1. The Morgan fingerprint density at radius 3 is 2.72 bits per heavy atom. The molecule has 1 aromatic carbocycles. The lowest BCUT2D eigenvalue weighted by Crippen LogP contribution is -2.48. The topological polar surface area (TPSA) is 44.4 Å². The summed E-state index contributed by atoms with van der Waals surface area (Å²) >= 11 is 0. The van der Waals surface area contributed by atoms with Crippen molar-refractivity contribution in [3.05, 3.63) is 30.3 Å². The fraction of sp³-hybridized carbons (Fsp3) is 0.462. The predicted octanol–water partition coefficient (Wildman–Crippen LogP) is 2.32. The van der Waals surface area contributed by atoms with Gasteiger partial charge in [0.2, 0.25) is 0 Å². The molecule has 18 heavy (non-hydrogen) atoms. The number of benzene rings is 1. The summed E-state index contributed by atoms with van der Waals surface area (Å²) in [5, 5.41) is 6.15. The van der Waals surface area contributed by atoms with Crippen molar-refractivity contribution in [2.24, 2.45) is 0 Å². The van der Waals surface area contributed by atoms with E-state index >= 15 is 0 Å². The summed E-state index contributed by atoms with van der Waals surface area (Å²) in [4.78, 5) is 13.9. The van der Waals surface area contributed by atoms with E-state index in [-0.39, 0.29) is 18.4 Å². The minimum atomic E-state index is -0.00356. The van der Waals surface area contributed by atoms with Gasteiger partial charge in [-0.25, -0.2) is 4.79 Å². The van der Waals surface area contributed by atoms with E-state index in [1.807, 2.05) is 42.3 Å². The van der Waals surface area contributed by atoms with Gasteiger partial charge in [-0.15, -0.1) is 12.4 Å². The highest BCUT2D eigenvalue weighted by Crippen LogP contribution is 2.12. The Morgan fingerprint density at radius 1 is 1.33 bits per heavy atom. The number of carbonyl (C=O) groups is 1. The first-order valence-corrected chi connectivity index (χ1v) is 6.08. The predicted molar refractivity (Wildman–Crippen MR) is 76.4 cm³/mol. The van der Waals surface area contributed by atoms with Crippen molar-refractivity contribution in [2.75, 3.05) is 25.5 Å². The standard InChI is InChI=1S/C13H19N3O.ClH/c1-14-12-8-5-9-16(10-12)13(17)15-11-6-3-2-4-7-11;/h2-4,6-7,12,14H,5,8-10H2,1H3,(H,15,17);1H. The third-order valence-corrected chi connectivity index (χ3v) is 3.14. The molecule has 1 saturated heterocycles. The molecular weight excluding hydrogens is 250 g/mol. The zero-order valence-electron chi connectivity index (χ0n) is 10.6. The summed E-state index contributed by atoms with van der Waals surface area (Å²) in [6.45, 7) is 1.63. The number of rotatable bonds is 2. The van der Waals surface area contributed by atoms with Crippen LogP contribution in [0.15, 0.2) is 30.3 Å². The molecule has 0 radical (unpaired) electrons. The van der Waals surface area contributed by atoms with Crippen LogP contribution < -0.4 is 10.6 Å². The monoisotopic (exact) mass is 269 g/mol. The highest BCUT2D eigenvalue weighted by Gasteiger charge is 2.22. The Kier molecular flexibility index (Phi) is 5.95. The molecule has 1 heterocycles. The van der Waals surface area contributed by atoms with Gasteiger partial charge < -0.3 is 15.5 Å². The first-order chi connectivity index (χ1) is 8.29. The van der Waals surface area contributed by atoms with Crippen LogP contribution >= 0.6 is 12.4 Å². The van der Waals surface area contributed by atoms with Gasteiger partial charge in [-0.2, -0.15) is 0 Å². The minimum Gasteiger partial charge on any atom is -0.323 e. The number of anilines is 1. The fourth-order valence-corrected chi connectivity index (χ4v) is 2.12. The molecule has 1 atom stereocenters. The van der Waals surface area contributed by atoms with E-state index in [0.29, 0.717) is 6.04 Å². The number of likely N-dealkylation sites (tertiary alicyclic amines) is 1. The van der Waals surface area contributed by atoms with Gasteiger partial charge >= 0.3 is 6.03 Å². The Hall–Kier alpha value is -1.26. The van der Waals surface area contributed by atoms with Crippen LogP contribution in [0.25, 0.3) is 0 Å². The van der Waals surface area contributed by atoms with Crippen LogP contribution in [0.1, 0.15) is 12.8 Å². The quantitative estimate of drug-likeness (QED) is 0.866. The number of carbonyl (C=O) groups excluding carboxylic acids is 1. The largest absolute Gasteiger partial charge is 0.323 e. The van der Waals surface area contributed by atoms with Crippen molar-refractivity contribution in [3.63, 3.8) is 0 Å². The van der Waals surface area contributed by atoms with E-state index in [4.69, 9.17) is 0 Å². The maximum absolute atomic E-state index is 12.0. The van der Waals surface area contributed by atoms with Crippen LogP contribution in [-0.4, -0.2) is 37.1 Å². The number of halogens is 1. The molecule has 0 aliphatic carbocycles. The normalized spacial score (nSPS) is 18.9. The molecule has 2 rings (SSSR count). The summed E-state index contributed by atoms with van der Waals surface area (Å²) in [6.07, 6.45) is 2.21. The number of urea groups is 1. The summed E-state index contributed by atoms with van der Waals surface area (Å²) in [5.41, 5.74) is 0.851. The molecular formula is C13H20ClN3O. The molecule has 100 valence electrons.